The standard InChI is InChI=1S/C16H20N2O/c1-11-15-8-9-18-10-12(15)2-7-16(11)19-14-5-3-13(17)4-6-14/h2,7-10,13-14H,3-6,17H2,1H3. The molecule has 0 bridgehead atoms. The highest BCUT2D eigenvalue weighted by molar-refractivity contribution is 5.86. The third-order valence-electron chi connectivity index (χ3n) is 4.05. The number of nitrogens with zero attached hydrogens (tertiary/aromatic N) is 1. The number of aryl methyl sites for hydroxylation is 1. The molecule has 0 amide bonds. The maximum atomic E-state index is 6.17. The number of rotatable bonds is 2. The Hall–Kier alpha value is -1.61. The summed E-state index contributed by atoms with van der Waals surface area (Å²) in [6.45, 7) is 2.12. The van der Waals surface area contributed by atoms with Crippen LogP contribution in [0.15, 0.2) is 30.6 Å². The first kappa shape index (κ1) is 12.4. The number of benzene rings is 1. The number of pyridine rings is 1. The summed E-state index contributed by atoms with van der Waals surface area (Å²) in [5.74, 6) is 0.999. The van der Waals surface area contributed by atoms with Gasteiger partial charge in [0.15, 0.2) is 0 Å². The third-order valence-corrected chi connectivity index (χ3v) is 4.05. The highest BCUT2D eigenvalue weighted by atomic mass is 16.5. The molecule has 1 aromatic carbocycles. The van der Waals surface area contributed by atoms with Crippen molar-refractivity contribution in [2.24, 2.45) is 5.73 Å². The molecule has 0 spiro atoms. The van der Waals surface area contributed by atoms with Gasteiger partial charge in [0, 0.05) is 23.8 Å². The van der Waals surface area contributed by atoms with Crippen LogP contribution in [0.5, 0.6) is 5.75 Å². The molecule has 3 heteroatoms. The Balaban J connectivity index is 1.83. The number of fused-ring (bicyclic) bond motifs is 1. The zero-order valence-electron chi connectivity index (χ0n) is 11.3. The van der Waals surface area contributed by atoms with Crippen molar-refractivity contribution in [3.8, 4) is 5.75 Å². The molecule has 1 heterocycles. The lowest BCUT2D eigenvalue weighted by Crippen LogP contribution is -2.31. The van der Waals surface area contributed by atoms with Crippen LogP contribution in [-0.4, -0.2) is 17.1 Å². The second kappa shape index (κ2) is 5.17. The second-order valence-corrected chi connectivity index (χ2v) is 5.44. The molecule has 1 aromatic heterocycles. The van der Waals surface area contributed by atoms with Crippen molar-refractivity contribution in [2.45, 2.75) is 44.8 Å². The molecular weight excluding hydrogens is 236 g/mol. The van der Waals surface area contributed by atoms with Crippen LogP contribution in [0.3, 0.4) is 0 Å². The molecule has 3 nitrogen and oxygen atoms in total. The van der Waals surface area contributed by atoms with Crippen LogP contribution in [0.4, 0.5) is 0 Å². The molecular formula is C16H20N2O. The molecule has 100 valence electrons. The monoisotopic (exact) mass is 256 g/mol. The fourth-order valence-electron chi connectivity index (χ4n) is 2.82. The third kappa shape index (κ3) is 2.56. The quantitative estimate of drug-likeness (QED) is 0.897. The van der Waals surface area contributed by atoms with Crippen molar-refractivity contribution in [3.05, 3.63) is 36.2 Å². The van der Waals surface area contributed by atoms with Gasteiger partial charge < -0.3 is 10.5 Å². The molecule has 1 saturated carbocycles. The van der Waals surface area contributed by atoms with Gasteiger partial charge in [0.25, 0.3) is 0 Å². The van der Waals surface area contributed by atoms with Gasteiger partial charge in [0.05, 0.1) is 6.10 Å². The van der Waals surface area contributed by atoms with Crippen LogP contribution in [0, 0.1) is 6.92 Å². The van der Waals surface area contributed by atoms with Gasteiger partial charge in [-0.3, -0.25) is 4.98 Å². The summed E-state index contributed by atoms with van der Waals surface area (Å²) in [4.78, 5) is 4.15. The first-order valence-electron chi connectivity index (χ1n) is 6.99. The largest absolute Gasteiger partial charge is 0.490 e. The molecule has 0 unspecified atom stereocenters. The average Bonchev–Trinajstić information content (AvgIpc) is 2.45. The molecule has 2 aromatic rings. The van der Waals surface area contributed by atoms with Gasteiger partial charge in [-0.25, -0.2) is 0 Å². The predicted molar refractivity (Wildman–Crippen MR) is 77.3 cm³/mol. The maximum absolute atomic E-state index is 6.17. The van der Waals surface area contributed by atoms with Gasteiger partial charge in [-0.15, -0.1) is 0 Å². The van der Waals surface area contributed by atoms with Gasteiger partial charge in [-0.2, -0.15) is 0 Å². The minimum atomic E-state index is 0.317. The molecule has 0 atom stereocenters. The summed E-state index contributed by atoms with van der Waals surface area (Å²) in [6.07, 6.45) is 8.31. The van der Waals surface area contributed by atoms with E-state index < -0.39 is 0 Å². The Kier molecular flexibility index (Phi) is 3.38. The van der Waals surface area contributed by atoms with E-state index in [4.69, 9.17) is 10.5 Å². The van der Waals surface area contributed by atoms with E-state index >= 15 is 0 Å². The zero-order valence-corrected chi connectivity index (χ0v) is 11.3. The van der Waals surface area contributed by atoms with E-state index in [2.05, 4.69) is 24.0 Å². The normalized spacial score (nSPS) is 23.5. The summed E-state index contributed by atoms with van der Waals surface area (Å²) in [5, 5.41) is 2.39. The topological polar surface area (TPSA) is 48.1 Å². The Bertz CT molecular complexity index is 574. The lowest BCUT2D eigenvalue weighted by Gasteiger charge is -2.27. The lowest BCUT2D eigenvalue weighted by molar-refractivity contribution is 0.146. The van der Waals surface area contributed by atoms with E-state index in [1.807, 2.05) is 18.5 Å². The van der Waals surface area contributed by atoms with E-state index in [9.17, 15) is 0 Å². The molecule has 0 saturated heterocycles. The Morgan fingerprint density at radius 2 is 1.95 bits per heavy atom. The highest BCUT2D eigenvalue weighted by Crippen LogP contribution is 2.30. The van der Waals surface area contributed by atoms with Crippen LogP contribution in [0.25, 0.3) is 10.8 Å². The predicted octanol–water partition coefficient (Wildman–Crippen LogP) is 3.19. The van der Waals surface area contributed by atoms with Crippen molar-refractivity contribution >= 4 is 10.8 Å². The SMILES string of the molecule is Cc1c(OC2CCC(N)CC2)ccc2cnccc12. The number of hydrogen-bond donors (Lipinski definition) is 1. The smallest absolute Gasteiger partial charge is 0.123 e. The fourth-order valence-corrected chi connectivity index (χ4v) is 2.82. The van der Waals surface area contributed by atoms with Crippen LogP contribution < -0.4 is 10.5 Å². The minimum absolute atomic E-state index is 0.317. The van der Waals surface area contributed by atoms with Gasteiger partial charge >= 0.3 is 0 Å². The average molecular weight is 256 g/mol. The van der Waals surface area contributed by atoms with E-state index in [-0.39, 0.29) is 0 Å². The molecule has 2 N–H and O–H groups in total. The molecule has 0 aliphatic heterocycles. The van der Waals surface area contributed by atoms with Crippen molar-refractivity contribution < 1.29 is 4.74 Å². The fraction of sp³-hybridized carbons (Fsp3) is 0.438. The summed E-state index contributed by atoms with van der Waals surface area (Å²) < 4.78 is 6.17. The summed E-state index contributed by atoms with van der Waals surface area (Å²) >= 11 is 0. The summed E-state index contributed by atoms with van der Waals surface area (Å²) in [5.41, 5.74) is 7.14. The highest BCUT2D eigenvalue weighted by Gasteiger charge is 2.20. The van der Waals surface area contributed by atoms with Crippen molar-refractivity contribution in [3.63, 3.8) is 0 Å². The maximum Gasteiger partial charge on any atom is 0.123 e. The number of hydrogen-bond acceptors (Lipinski definition) is 3. The van der Waals surface area contributed by atoms with Crippen molar-refractivity contribution in [1.82, 2.24) is 4.98 Å². The second-order valence-electron chi connectivity index (χ2n) is 5.44. The van der Waals surface area contributed by atoms with Gasteiger partial charge in [-0.05, 0) is 61.8 Å². The molecule has 1 aliphatic carbocycles. The van der Waals surface area contributed by atoms with Crippen LogP contribution in [-0.2, 0) is 0 Å². The zero-order chi connectivity index (χ0) is 13.2. The van der Waals surface area contributed by atoms with Gasteiger partial charge in [-0.1, -0.05) is 0 Å². The Labute approximate surface area is 113 Å². The van der Waals surface area contributed by atoms with Crippen LogP contribution >= 0.6 is 0 Å². The first-order valence-corrected chi connectivity index (χ1v) is 6.99. The number of nitrogens with two attached hydrogens (primary N) is 1. The molecule has 1 fully saturated rings. The van der Waals surface area contributed by atoms with Crippen molar-refractivity contribution in [2.75, 3.05) is 0 Å². The van der Waals surface area contributed by atoms with E-state index in [1.54, 1.807) is 0 Å². The van der Waals surface area contributed by atoms with Gasteiger partial charge in [0.2, 0.25) is 0 Å². The van der Waals surface area contributed by atoms with E-state index in [0.29, 0.717) is 12.1 Å². The summed E-state index contributed by atoms with van der Waals surface area (Å²) in [6, 6.07) is 6.56. The Morgan fingerprint density at radius 3 is 2.74 bits per heavy atom. The van der Waals surface area contributed by atoms with Crippen LogP contribution in [0.1, 0.15) is 31.2 Å². The van der Waals surface area contributed by atoms with E-state index in [1.165, 1.54) is 10.9 Å². The minimum Gasteiger partial charge on any atom is -0.490 e. The van der Waals surface area contributed by atoms with Crippen LogP contribution in [0.2, 0.25) is 0 Å². The van der Waals surface area contributed by atoms with Gasteiger partial charge in [0.1, 0.15) is 5.75 Å². The molecule has 1 aliphatic rings. The Morgan fingerprint density at radius 1 is 1.16 bits per heavy atom. The summed E-state index contributed by atoms with van der Waals surface area (Å²) in [7, 11) is 0. The van der Waals surface area contributed by atoms with Crippen molar-refractivity contribution in [1.29, 1.82) is 0 Å². The molecule has 3 rings (SSSR count). The van der Waals surface area contributed by atoms with E-state index in [0.717, 1.165) is 36.8 Å². The number of ether oxygens (including phenoxy) is 1. The lowest BCUT2D eigenvalue weighted by atomic mass is 9.93. The number of aromatic nitrogens is 1. The molecule has 0 radical (unpaired) electrons. The first-order chi connectivity index (χ1) is 9.24. The molecule has 19 heavy (non-hydrogen) atoms.